The quantitative estimate of drug-likeness (QED) is 0.819. The first-order valence-electron chi connectivity index (χ1n) is 10.3. The summed E-state index contributed by atoms with van der Waals surface area (Å²) in [6.45, 7) is 5.62. The Morgan fingerprint density at radius 3 is 2.26 bits per heavy atom. The Hall–Kier alpha value is -1.92. The lowest BCUT2D eigenvalue weighted by Gasteiger charge is -2.39. The summed E-state index contributed by atoms with van der Waals surface area (Å²) in [7, 11) is 0. The molecule has 6 nitrogen and oxygen atoms in total. The molecule has 2 aliphatic heterocycles. The number of nitrogens with one attached hydrogen (secondary N) is 1. The van der Waals surface area contributed by atoms with Crippen LogP contribution in [0.4, 0.5) is 0 Å². The monoisotopic (exact) mass is 370 g/mol. The molecule has 1 aliphatic carbocycles. The van der Waals surface area contributed by atoms with Crippen LogP contribution in [0.3, 0.4) is 0 Å². The molecule has 4 rings (SSSR count). The third kappa shape index (κ3) is 4.68. The van der Waals surface area contributed by atoms with Crippen LogP contribution < -0.4 is 5.32 Å². The summed E-state index contributed by atoms with van der Waals surface area (Å²) in [6.07, 6.45) is 4.46. The summed E-state index contributed by atoms with van der Waals surface area (Å²) < 4.78 is 0. The predicted octanol–water partition coefficient (Wildman–Crippen LogP) is 1.25. The standard InChI is InChI=1S/C21H30N4O2/c26-19(24-10-4-5-11-24)16-23-12-14-25(15-13-23)20(17-6-2-1-3-7-17)21(27)22-18-8-9-18/h1-3,6-7,18,20H,4-5,8-16H2,(H,22,27). The van der Waals surface area contributed by atoms with Gasteiger partial charge >= 0.3 is 0 Å². The van der Waals surface area contributed by atoms with E-state index in [1.165, 1.54) is 0 Å². The molecule has 1 aromatic carbocycles. The molecule has 1 atom stereocenters. The van der Waals surface area contributed by atoms with Gasteiger partial charge in [0, 0.05) is 45.3 Å². The Kier molecular flexibility index (Phi) is 5.74. The van der Waals surface area contributed by atoms with Crippen LogP contribution in [0.15, 0.2) is 30.3 Å². The number of likely N-dealkylation sites (tertiary alicyclic amines) is 1. The Labute approximate surface area is 161 Å². The van der Waals surface area contributed by atoms with Crippen LogP contribution in [0.5, 0.6) is 0 Å². The van der Waals surface area contributed by atoms with Crippen molar-refractivity contribution in [3.63, 3.8) is 0 Å². The average Bonchev–Trinajstić information content (AvgIpc) is 3.32. The molecule has 2 amide bonds. The van der Waals surface area contributed by atoms with E-state index in [9.17, 15) is 9.59 Å². The van der Waals surface area contributed by atoms with E-state index < -0.39 is 0 Å². The second-order valence-electron chi connectivity index (χ2n) is 8.00. The highest BCUT2D eigenvalue weighted by molar-refractivity contribution is 5.83. The Balaban J connectivity index is 1.36. The van der Waals surface area contributed by atoms with Gasteiger partial charge in [0.2, 0.25) is 11.8 Å². The summed E-state index contributed by atoms with van der Waals surface area (Å²) in [6, 6.07) is 10.2. The van der Waals surface area contributed by atoms with Crippen LogP contribution in [-0.2, 0) is 9.59 Å². The smallest absolute Gasteiger partial charge is 0.242 e. The molecule has 0 radical (unpaired) electrons. The summed E-state index contributed by atoms with van der Waals surface area (Å²) >= 11 is 0. The number of carbonyl (C=O) groups is 2. The SMILES string of the molecule is O=C(NC1CC1)C(c1ccccc1)N1CCN(CC(=O)N2CCCC2)CC1. The van der Waals surface area contributed by atoms with Gasteiger partial charge in [0.1, 0.15) is 6.04 Å². The van der Waals surface area contributed by atoms with Crippen LogP contribution >= 0.6 is 0 Å². The minimum absolute atomic E-state index is 0.116. The molecule has 2 heterocycles. The first-order valence-corrected chi connectivity index (χ1v) is 10.3. The van der Waals surface area contributed by atoms with E-state index in [-0.39, 0.29) is 17.9 Å². The van der Waals surface area contributed by atoms with E-state index in [0.717, 1.165) is 70.5 Å². The maximum Gasteiger partial charge on any atom is 0.242 e. The zero-order valence-electron chi connectivity index (χ0n) is 16.0. The molecule has 0 aromatic heterocycles. The average molecular weight is 370 g/mol. The molecule has 1 aromatic rings. The van der Waals surface area contributed by atoms with Crippen LogP contribution in [0.2, 0.25) is 0 Å². The van der Waals surface area contributed by atoms with Crippen LogP contribution in [0, 0.1) is 0 Å². The molecule has 27 heavy (non-hydrogen) atoms. The van der Waals surface area contributed by atoms with E-state index in [4.69, 9.17) is 0 Å². The molecule has 0 spiro atoms. The van der Waals surface area contributed by atoms with Gasteiger partial charge in [-0.3, -0.25) is 19.4 Å². The van der Waals surface area contributed by atoms with Crippen molar-refractivity contribution < 1.29 is 9.59 Å². The van der Waals surface area contributed by atoms with Gasteiger partial charge in [-0.15, -0.1) is 0 Å². The number of carbonyl (C=O) groups excluding carboxylic acids is 2. The topological polar surface area (TPSA) is 55.9 Å². The van der Waals surface area contributed by atoms with Crippen molar-refractivity contribution >= 4 is 11.8 Å². The Bertz CT molecular complexity index is 647. The van der Waals surface area contributed by atoms with Crippen LogP contribution in [0.1, 0.15) is 37.3 Å². The molecule has 3 aliphatic rings. The molecule has 6 heteroatoms. The molecule has 1 N–H and O–H groups in total. The van der Waals surface area contributed by atoms with Gasteiger partial charge in [-0.1, -0.05) is 30.3 Å². The lowest BCUT2D eigenvalue weighted by atomic mass is 10.0. The molecular weight excluding hydrogens is 340 g/mol. The lowest BCUT2D eigenvalue weighted by Crippen LogP contribution is -2.53. The fourth-order valence-corrected chi connectivity index (χ4v) is 4.11. The zero-order valence-corrected chi connectivity index (χ0v) is 16.0. The van der Waals surface area contributed by atoms with Gasteiger partial charge < -0.3 is 10.2 Å². The molecule has 2 saturated heterocycles. The Morgan fingerprint density at radius 2 is 1.63 bits per heavy atom. The maximum atomic E-state index is 12.9. The summed E-state index contributed by atoms with van der Waals surface area (Å²) in [5.41, 5.74) is 1.05. The second-order valence-corrected chi connectivity index (χ2v) is 8.00. The van der Waals surface area contributed by atoms with Crippen LogP contribution in [-0.4, -0.2) is 78.4 Å². The van der Waals surface area contributed by atoms with Crippen LogP contribution in [0.25, 0.3) is 0 Å². The van der Waals surface area contributed by atoms with Gasteiger partial charge in [0.15, 0.2) is 0 Å². The Morgan fingerprint density at radius 1 is 0.963 bits per heavy atom. The number of nitrogens with zero attached hydrogens (tertiary/aromatic N) is 3. The number of benzene rings is 1. The minimum Gasteiger partial charge on any atom is -0.352 e. The number of hydrogen-bond donors (Lipinski definition) is 1. The number of piperazine rings is 1. The molecule has 146 valence electrons. The molecule has 1 unspecified atom stereocenters. The minimum atomic E-state index is -0.233. The first kappa shape index (κ1) is 18.4. The van der Waals surface area contributed by atoms with Crippen molar-refractivity contribution in [2.24, 2.45) is 0 Å². The third-order valence-corrected chi connectivity index (χ3v) is 5.88. The van der Waals surface area contributed by atoms with Crippen molar-refractivity contribution in [2.45, 2.75) is 37.8 Å². The van der Waals surface area contributed by atoms with E-state index in [2.05, 4.69) is 15.1 Å². The van der Waals surface area contributed by atoms with Gasteiger partial charge in [0.25, 0.3) is 0 Å². The third-order valence-electron chi connectivity index (χ3n) is 5.88. The van der Waals surface area contributed by atoms with Gasteiger partial charge in [0.05, 0.1) is 6.54 Å². The summed E-state index contributed by atoms with van der Waals surface area (Å²) in [5.74, 6) is 0.373. The van der Waals surface area contributed by atoms with E-state index in [0.29, 0.717) is 12.6 Å². The second kappa shape index (κ2) is 8.40. The van der Waals surface area contributed by atoms with Gasteiger partial charge in [-0.25, -0.2) is 0 Å². The van der Waals surface area contributed by atoms with Gasteiger partial charge in [-0.2, -0.15) is 0 Å². The van der Waals surface area contributed by atoms with E-state index in [1.807, 2.05) is 35.2 Å². The maximum absolute atomic E-state index is 12.9. The van der Waals surface area contributed by atoms with Gasteiger partial charge in [-0.05, 0) is 31.2 Å². The predicted molar refractivity (Wildman–Crippen MR) is 104 cm³/mol. The zero-order chi connectivity index (χ0) is 18.6. The van der Waals surface area contributed by atoms with Crippen molar-refractivity contribution in [1.82, 2.24) is 20.0 Å². The summed E-state index contributed by atoms with van der Waals surface area (Å²) in [4.78, 5) is 31.8. The van der Waals surface area contributed by atoms with Crippen molar-refractivity contribution in [2.75, 3.05) is 45.8 Å². The fourth-order valence-electron chi connectivity index (χ4n) is 4.11. The highest BCUT2D eigenvalue weighted by atomic mass is 16.2. The number of hydrogen-bond acceptors (Lipinski definition) is 4. The summed E-state index contributed by atoms with van der Waals surface area (Å²) in [5, 5.41) is 3.18. The van der Waals surface area contributed by atoms with E-state index >= 15 is 0 Å². The van der Waals surface area contributed by atoms with Crippen molar-refractivity contribution in [3.05, 3.63) is 35.9 Å². The number of rotatable bonds is 6. The fraction of sp³-hybridized carbons (Fsp3) is 0.619. The van der Waals surface area contributed by atoms with E-state index in [1.54, 1.807) is 0 Å². The number of amides is 2. The highest BCUT2D eigenvalue weighted by Gasteiger charge is 2.34. The largest absolute Gasteiger partial charge is 0.352 e. The molecule has 3 fully saturated rings. The normalized spacial score (nSPS) is 22.6. The van der Waals surface area contributed by atoms with Crippen molar-refractivity contribution in [1.29, 1.82) is 0 Å². The van der Waals surface area contributed by atoms with Crippen molar-refractivity contribution in [3.8, 4) is 0 Å². The molecule has 0 bridgehead atoms. The molecular formula is C21H30N4O2. The molecule has 1 saturated carbocycles. The highest BCUT2D eigenvalue weighted by Crippen LogP contribution is 2.26. The lowest BCUT2D eigenvalue weighted by molar-refractivity contribution is -0.133. The first-order chi connectivity index (χ1) is 13.2.